The van der Waals surface area contributed by atoms with Crippen molar-refractivity contribution in [3.8, 4) is 0 Å². The van der Waals surface area contributed by atoms with Gasteiger partial charge in [-0.1, -0.05) is 13.8 Å². The van der Waals surface area contributed by atoms with Crippen LogP contribution in [0.4, 0.5) is 0 Å². The maximum absolute atomic E-state index is 10.5. The molecule has 0 spiro atoms. The molecule has 0 rings (SSSR count). The first-order valence-electron chi connectivity index (χ1n) is 3.68. The van der Waals surface area contributed by atoms with E-state index in [1.165, 1.54) is 6.92 Å². The molecule has 0 bridgehead atoms. The predicted molar refractivity (Wildman–Crippen MR) is 42.6 cm³/mol. The number of nitrogens with two attached hydrogens (primary N) is 1. The number of hydrogen-bond donors (Lipinski definition) is 2. The molecule has 1 amide bonds. The third kappa shape index (κ3) is 4.75. The molecule has 4 heteroatoms. The number of carbonyl (C=O) groups is 1. The third-order valence-electron chi connectivity index (χ3n) is 1.47. The van der Waals surface area contributed by atoms with Crippen LogP contribution < -0.4 is 11.2 Å². The first-order valence-corrected chi connectivity index (χ1v) is 3.68. The van der Waals surface area contributed by atoms with Gasteiger partial charge in [-0.3, -0.25) is 9.63 Å². The highest BCUT2D eigenvalue weighted by molar-refractivity contribution is 5.72. The van der Waals surface area contributed by atoms with E-state index in [2.05, 4.69) is 10.2 Å². The summed E-state index contributed by atoms with van der Waals surface area (Å²) in [5, 5.41) is 2.63. The summed E-state index contributed by atoms with van der Waals surface area (Å²) in [6.07, 6.45) is -0.0982. The van der Waals surface area contributed by atoms with Crippen LogP contribution in [0.2, 0.25) is 0 Å². The predicted octanol–water partition coefficient (Wildman–Crippen LogP) is 0.0374. The highest BCUT2D eigenvalue weighted by Gasteiger charge is 2.12. The average molecular weight is 160 g/mol. The Hall–Kier alpha value is -0.610. The molecule has 0 aliphatic carbocycles. The summed E-state index contributed by atoms with van der Waals surface area (Å²) in [5.74, 6) is 5.26. The minimum absolute atomic E-state index is 0.0623. The van der Waals surface area contributed by atoms with Crippen LogP contribution in [-0.2, 0) is 9.63 Å². The first-order chi connectivity index (χ1) is 5.07. The van der Waals surface area contributed by atoms with Crippen molar-refractivity contribution in [1.29, 1.82) is 0 Å². The van der Waals surface area contributed by atoms with Gasteiger partial charge >= 0.3 is 0 Å². The Kier molecular flexibility index (Phi) is 4.81. The van der Waals surface area contributed by atoms with Crippen molar-refractivity contribution in [3.05, 3.63) is 0 Å². The van der Waals surface area contributed by atoms with Gasteiger partial charge in [0.2, 0.25) is 5.91 Å². The topological polar surface area (TPSA) is 64.3 Å². The number of amides is 1. The molecule has 1 atom stereocenters. The van der Waals surface area contributed by atoms with Crippen molar-refractivity contribution < 1.29 is 9.63 Å². The Morgan fingerprint density at radius 3 is 2.45 bits per heavy atom. The summed E-state index contributed by atoms with van der Waals surface area (Å²) < 4.78 is 0. The fourth-order valence-corrected chi connectivity index (χ4v) is 0.685. The second kappa shape index (κ2) is 5.09. The summed E-state index contributed by atoms with van der Waals surface area (Å²) in [5.41, 5.74) is 0. The van der Waals surface area contributed by atoms with Crippen LogP contribution in [0.3, 0.4) is 0 Å². The smallest absolute Gasteiger partial charge is 0.216 e. The number of hydrogen-bond acceptors (Lipinski definition) is 3. The lowest BCUT2D eigenvalue weighted by molar-refractivity contribution is -0.119. The normalized spacial score (nSPS) is 13.2. The van der Waals surface area contributed by atoms with Crippen molar-refractivity contribution in [1.82, 2.24) is 5.32 Å². The molecule has 0 aliphatic heterocycles. The summed E-state index contributed by atoms with van der Waals surface area (Å²) in [7, 11) is 0. The van der Waals surface area contributed by atoms with Crippen molar-refractivity contribution in [2.24, 2.45) is 11.8 Å². The molecule has 0 aromatic heterocycles. The van der Waals surface area contributed by atoms with Crippen molar-refractivity contribution in [2.75, 3.05) is 6.54 Å². The summed E-state index contributed by atoms with van der Waals surface area (Å²) in [4.78, 5) is 15.1. The Labute approximate surface area is 67.0 Å². The van der Waals surface area contributed by atoms with Crippen LogP contribution >= 0.6 is 0 Å². The first kappa shape index (κ1) is 10.4. The minimum Gasteiger partial charge on any atom is -0.354 e. The van der Waals surface area contributed by atoms with Crippen LogP contribution in [0.5, 0.6) is 0 Å². The van der Waals surface area contributed by atoms with Gasteiger partial charge in [-0.2, -0.15) is 0 Å². The Morgan fingerprint density at radius 2 is 2.18 bits per heavy atom. The quantitative estimate of drug-likeness (QED) is 0.570. The van der Waals surface area contributed by atoms with Gasteiger partial charge in [-0.05, 0) is 5.92 Å². The standard InChI is InChI=1S/C7H16N2O2/c1-5(2)7(11-8)4-9-6(3)10/h5,7H,4,8H2,1-3H3,(H,9,10). The summed E-state index contributed by atoms with van der Waals surface area (Å²) in [6, 6.07) is 0. The van der Waals surface area contributed by atoms with E-state index in [-0.39, 0.29) is 12.0 Å². The molecule has 0 aliphatic rings. The van der Waals surface area contributed by atoms with E-state index < -0.39 is 0 Å². The maximum Gasteiger partial charge on any atom is 0.216 e. The van der Waals surface area contributed by atoms with Gasteiger partial charge in [0, 0.05) is 13.5 Å². The molecule has 0 radical (unpaired) electrons. The molecule has 4 nitrogen and oxygen atoms in total. The monoisotopic (exact) mass is 160 g/mol. The zero-order chi connectivity index (χ0) is 8.85. The molecule has 1 unspecified atom stereocenters. The highest BCUT2D eigenvalue weighted by Crippen LogP contribution is 2.01. The molecule has 0 saturated heterocycles. The van der Waals surface area contributed by atoms with E-state index in [9.17, 15) is 4.79 Å². The highest BCUT2D eigenvalue weighted by atomic mass is 16.6. The molecular weight excluding hydrogens is 144 g/mol. The van der Waals surface area contributed by atoms with E-state index >= 15 is 0 Å². The average Bonchev–Trinajstić information content (AvgIpc) is 1.87. The molecule has 0 fully saturated rings. The summed E-state index contributed by atoms with van der Waals surface area (Å²) in [6.45, 7) is 5.91. The molecule has 0 aromatic carbocycles. The molecule has 66 valence electrons. The molecule has 0 saturated carbocycles. The summed E-state index contributed by atoms with van der Waals surface area (Å²) >= 11 is 0. The molecular formula is C7H16N2O2. The Balaban J connectivity index is 3.61. The van der Waals surface area contributed by atoms with Crippen LogP contribution in [0, 0.1) is 5.92 Å². The van der Waals surface area contributed by atoms with Gasteiger partial charge < -0.3 is 5.32 Å². The van der Waals surface area contributed by atoms with E-state index in [1.54, 1.807) is 0 Å². The van der Waals surface area contributed by atoms with Gasteiger partial charge in [-0.15, -0.1) is 0 Å². The maximum atomic E-state index is 10.5. The molecule has 11 heavy (non-hydrogen) atoms. The van der Waals surface area contributed by atoms with E-state index in [0.717, 1.165) is 0 Å². The second-order valence-corrected chi connectivity index (χ2v) is 2.86. The Morgan fingerprint density at radius 1 is 1.64 bits per heavy atom. The third-order valence-corrected chi connectivity index (χ3v) is 1.47. The van der Waals surface area contributed by atoms with E-state index in [1.807, 2.05) is 13.8 Å². The van der Waals surface area contributed by atoms with Gasteiger partial charge in [0.05, 0.1) is 6.10 Å². The van der Waals surface area contributed by atoms with Crippen LogP contribution in [0.25, 0.3) is 0 Å². The largest absolute Gasteiger partial charge is 0.354 e. The number of carbonyl (C=O) groups excluding carboxylic acids is 1. The van der Waals surface area contributed by atoms with Gasteiger partial charge in [0.15, 0.2) is 0 Å². The van der Waals surface area contributed by atoms with E-state index in [0.29, 0.717) is 12.5 Å². The zero-order valence-electron chi connectivity index (χ0n) is 7.26. The lowest BCUT2D eigenvalue weighted by Gasteiger charge is -2.17. The van der Waals surface area contributed by atoms with Crippen molar-refractivity contribution in [2.45, 2.75) is 26.9 Å². The lowest BCUT2D eigenvalue weighted by Crippen LogP contribution is -2.36. The lowest BCUT2D eigenvalue weighted by atomic mass is 10.1. The van der Waals surface area contributed by atoms with Gasteiger partial charge in [-0.25, -0.2) is 5.90 Å². The minimum atomic E-state index is -0.0982. The van der Waals surface area contributed by atoms with Crippen LogP contribution in [-0.4, -0.2) is 18.6 Å². The Bertz CT molecular complexity index is 126. The fourth-order valence-electron chi connectivity index (χ4n) is 0.685. The van der Waals surface area contributed by atoms with Crippen molar-refractivity contribution in [3.63, 3.8) is 0 Å². The SMILES string of the molecule is CC(=O)NCC(ON)C(C)C. The van der Waals surface area contributed by atoms with Crippen LogP contribution in [0.1, 0.15) is 20.8 Å². The zero-order valence-corrected chi connectivity index (χ0v) is 7.26. The van der Waals surface area contributed by atoms with Gasteiger partial charge in [0.25, 0.3) is 0 Å². The molecule has 3 N–H and O–H groups in total. The van der Waals surface area contributed by atoms with Crippen molar-refractivity contribution >= 4 is 5.91 Å². The second-order valence-electron chi connectivity index (χ2n) is 2.86. The molecule has 0 heterocycles. The van der Waals surface area contributed by atoms with Crippen LogP contribution in [0.15, 0.2) is 0 Å². The number of nitrogens with one attached hydrogen (secondary N) is 1. The number of rotatable bonds is 4. The fraction of sp³-hybridized carbons (Fsp3) is 0.857. The molecule has 0 aromatic rings. The van der Waals surface area contributed by atoms with Gasteiger partial charge in [0.1, 0.15) is 0 Å². The van der Waals surface area contributed by atoms with E-state index in [4.69, 9.17) is 5.90 Å².